The van der Waals surface area contributed by atoms with Crippen LogP contribution in [-0.4, -0.2) is 36.2 Å². The van der Waals surface area contributed by atoms with E-state index in [9.17, 15) is 14.7 Å². The molecule has 2 N–H and O–H groups in total. The zero-order valence-corrected chi connectivity index (χ0v) is 14.2. The predicted molar refractivity (Wildman–Crippen MR) is 87.9 cm³/mol. The molecule has 0 aliphatic carbocycles. The summed E-state index contributed by atoms with van der Waals surface area (Å²) < 4.78 is 15.6. The Morgan fingerprint density at radius 2 is 2.08 bits per heavy atom. The number of carboxylic acid groups (broad SMARTS) is 1. The van der Waals surface area contributed by atoms with Gasteiger partial charge in [-0.3, -0.25) is 9.59 Å². The Bertz CT molecular complexity index is 755. The highest BCUT2D eigenvalue weighted by atomic mass is 16.5. The molecule has 0 aliphatic heterocycles. The van der Waals surface area contributed by atoms with Gasteiger partial charge in [-0.1, -0.05) is 6.92 Å². The van der Waals surface area contributed by atoms with Gasteiger partial charge in [0, 0.05) is 18.1 Å². The number of aliphatic carboxylic acids is 1. The maximum atomic E-state index is 12.5. The van der Waals surface area contributed by atoms with E-state index < -0.39 is 17.9 Å². The fraction of sp³-hybridized carbons (Fsp3) is 0.353. The van der Waals surface area contributed by atoms with Crippen LogP contribution in [0, 0.1) is 0 Å². The fourth-order valence-corrected chi connectivity index (χ4v) is 2.45. The number of rotatable bonds is 8. The molecular weight excluding hydrogens is 328 g/mol. The quantitative estimate of drug-likeness (QED) is 0.752. The van der Waals surface area contributed by atoms with E-state index in [1.807, 2.05) is 6.92 Å². The van der Waals surface area contributed by atoms with Crippen LogP contribution in [0.5, 0.6) is 11.5 Å². The van der Waals surface area contributed by atoms with Crippen molar-refractivity contribution in [1.82, 2.24) is 10.3 Å². The molecule has 0 saturated heterocycles. The van der Waals surface area contributed by atoms with Crippen LogP contribution in [0.2, 0.25) is 0 Å². The summed E-state index contributed by atoms with van der Waals surface area (Å²) in [6.45, 7) is 1.83. The lowest BCUT2D eigenvalue weighted by Gasteiger charge is -2.20. The summed E-state index contributed by atoms with van der Waals surface area (Å²) in [7, 11) is 2.98. The third-order valence-electron chi connectivity index (χ3n) is 3.68. The molecule has 1 heterocycles. The Morgan fingerprint density at radius 1 is 1.32 bits per heavy atom. The van der Waals surface area contributed by atoms with Crippen LogP contribution >= 0.6 is 0 Å². The van der Waals surface area contributed by atoms with Gasteiger partial charge in [-0.15, -0.1) is 0 Å². The van der Waals surface area contributed by atoms with Gasteiger partial charge in [0.25, 0.3) is 5.91 Å². The maximum absolute atomic E-state index is 12.5. The number of hydrogen-bond acceptors (Lipinski definition) is 6. The minimum atomic E-state index is -1.06. The van der Waals surface area contributed by atoms with E-state index in [0.29, 0.717) is 29.2 Å². The van der Waals surface area contributed by atoms with Crippen molar-refractivity contribution in [2.45, 2.75) is 25.8 Å². The van der Waals surface area contributed by atoms with Gasteiger partial charge >= 0.3 is 5.97 Å². The summed E-state index contributed by atoms with van der Waals surface area (Å²) in [5.41, 5.74) is 0.672. The summed E-state index contributed by atoms with van der Waals surface area (Å²) in [5, 5.41) is 11.9. The molecule has 0 fully saturated rings. The molecule has 1 unspecified atom stereocenters. The molecule has 0 aliphatic rings. The molecule has 0 saturated carbocycles. The molecule has 0 bridgehead atoms. The minimum Gasteiger partial charge on any atom is -0.497 e. The van der Waals surface area contributed by atoms with Crippen molar-refractivity contribution in [3.05, 3.63) is 41.6 Å². The number of aryl methyl sites for hydroxylation is 1. The summed E-state index contributed by atoms with van der Waals surface area (Å²) in [6, 6.07) is 4.16. The first-order valence-electron chi connectivity index (χ1n) is 7.67. The molecule has 0 radical (unpaired) electrons. The van der Waals surface area contributed by atoms with Gasteiger partial charge in [0.05, 0.1) is 26.7 Å². The smallest absolute Gasteiger partial charge is 0.305 e. The number of oxazole rings is 1. The average Bonchev–Trinajstić information content (AvgIpc) is 3.09. The van der Waals surface area contributed by atoms with Crippen molar-refractivity contribution in [3.8, 4) is 11.5 Å². The number of methoxy groups -OCH3 is 2. The van der Waals surface area contributed by atoms with Crippen molar-refractivity contribution < 1.29 is 28.6 Å². The normalized spacial score (nSPS) is 11.6. The Morgan fingerprint density at radius 3 is 2.68 bits per heavy atom. The predicted octanol–water partition coefficient (Wildman–Crippen LogP) is 2.20. The number of ether oxygens (including phenoxy) is 2. The molecular formula is C17H20N2O6. The van der Waals surface area contributed by atoms with Crippen molar-refractivity contribution >= 4 is 11.9 Å². The summed E-state index contributed by atoms with van der Waals surface area (Å²) >= 11 is 0. The van der Waals surface area contributed by atoms with E-state index >= 15 is 0 Å². The number of hydrogen-bond donors (Lipinski definition) is 2. The molecule has 1 amide bonds. The van der Waals surface area contributed by atoms with E-state index in [1.165, 1.54) is 20.6 Å². The van der Waals surface area contributed by atoms with Gasteiger partial charge in [0.15, 0.2) is 12.1 Å². The molecule has 0 spiro atoms. The first kappa shape index (κ1) is 18.3. The van der Waals surface area contributed by atoms with Gasteiger partial charge < -0.3 is 24.3 Å². The second kappa shape index (κ2) is 8.18. The Hall–Kier alpha value is -3.03. The highest BCUT2D eigenvalue weighted by Crippen LogP contribution is 2.31. The standard InChI is InChI=1S/C17H20N2O6/c1-4-13-16(18-9-25-13)17(22)19-12(8-15(20)21)11-6-5-10(23-2)7-14(11)24-3/h5-7,9,12H,4,8H2,1-3H3,(H,19,22)(H,20,21). The monoisotopic (exact) mass is 348 g/mol. The van der Waals surface area contributed by atoms with Crippen LogP contribution in [-0.2, 0) is 11.2 Å². The van der Waals surface area contributed by atoms with E-state index in [2.05, 4.69) is 10.3 Å². The first-order valence-corrected chi connectivity index (χ1v) is 7.67. The molecule has 25 heavy (non-hydrogen) atoms. The third kappa shape index (κ3) is 4.28. The number of nitrogens with zero attached hydrogens (tertiary/aromatic N) is 1. The second-order valence-corrected chi connectivity index (χ2v) is 5.21. The van der Waals surface area contributed by atoms with Crippen molar-refractivity contribution in [2.75, 3.05) is 14.2 Å². The number of aromatic nitrogens is 1. The molecule has 1 atom stereocenters. The highest BCUT2D eigenvalue weighted by molar-refractivity contribution is 5.93. The zero-order valence-electron chi connectivity index (χ0n) is 14.2. The lowest BCUT2D eigenvalue weighted by molar-refractivity contribution is -0.137. The fourth-order valence-electron chi connectivity index (χ4n) is 2.45. The van der Waals surface area contributed by atoms with Crippen LogP contribution in [0.4, 0.5) is 0 Å². The van der Waals surface area contributed by atoms with Crippen LogP contribution in [0.25, 0.3) is 0 Å². The Balaban J connectivity index is 2.33. The third-order valence-corrected chi connectivity index (χ3v) is 3.68. The number of benzene rings is 1. The van der Waals surface area contributed by atoms with Crippen molar-refractivity contribution in [2.24, 2.45) is 0 Å². The van der Waals surface area contributed by atoms with Crippen LogP contribution < -0.4 is 14.8 Å². The van der Waals surface area contributed by atoms with Gasteiger partial charge in [-0.2, -0.15) is 0 Å². The summed E-state index contributed by atoms with van der Waals surface area (Å²) in [4.78, 5) is 27.6. The minimum absolute atomic E-state index is 0.144. The number of amides is 1. The van der Waals surface area contributed by atoms with Gasteiger partial charge in [0.2, 0.25) is 0 Å². The Labute approximate surface area is 144 Å². The molecule has 8 nitrogen and oxygen atoms in total. The van der Waals surface area contributed by atoms with Crippen LogP contribution in [0.1, 0.15) is 41.2 Å². The lowest BCUT2D eigenvalue weighted by atomic mass is 10.0. The van der Waals surface area contributed by atoms with Crippen molar-refractivity contribution in [1.29, 1.82) is 0 Å². The van der Waals surface area contributed by atoms with E-state index in [1.54, 1.807) is 18.2 Å². The SMILES string of the molecule is CCc1ocnc1C(=O)NC(CC(=O)O)c1ccc(OC)cc1OC. The molecule has 1 aromatic carbocycles. The van der Waals surface area contributed by atoms with Gasteiger partial charge in [0.1, 0.15) is 17.3 Å². The van der Waals surface area contributed by atoms with E-state index in [0.717, 1.165) is 0 Å². The van der Waals surface area contributed by atoms with Crippen molar-refractivity contribution in [3.63, 3.8) is 0 Å². The molecule has 1 aromatic heterocycles. The molecule has 134 valence electrons. The average molecular weight is 348 g/mol. The van der Waals surface area contributed by atoms with Crippen LogP contribution in [0.3, 0.4) is 0 Å². The molecule has 2 rings (SSSR count). The van der Waals surface area contributed by atoms with Gasteiger partial charge in [-0.25, -0.2) is 4.98 Å². The lowest BCUT2D eigenvalue weighted by Crippen LogP contribution is -2.31. The largest absolute Gasteiger partial charge is 0.497 e. The summed E-state index contributed by atoms with van der Waals surface area (Å²) in [5.74, 6) is -0.144. The topological polar surface area (TPSA) is 111 Å². The van der Waals surface area contributed by atoms with E-state index in [-0.39, 0.29) is 12.1 Å². The number of carbonyl (C=O) groups is 2. The van der Waals surface area contributed by atoms with Gasteiger partial charge in [-0.05, 0) is 12.1 Å². The first-order chi connectivity index (χ1) is 12.0. The second-order valence-electron chi connectivity index (χ2n) is 5.21. The number of carbonyl (C=O) groups excluding carboxylic acids is 1. The molecule has 8 heteroatoms. The van der Waals surface area contributed by atoms with E-state index in [4.69, 9.17) is 13.9 Å². The summed E-state index contributed by atoms with van der Waals surface area (Å²) in [6.07, 6.45) is 1.37. The number of carboxylic acids is 1. The zero-order chi connectivity index (χ0) is 18.4. The highest BCUT2D eigenvalue weighted by Gasteiger charge is 2.25. The molecule has 2 aromatic rings. The van der Waals surface area contributed by atoms with Crippen LogP contribution in [0.15, 0.2) is 29.0 Å². The number of nitrogens with one attached hydrogen (secondary N) is 1. The maximum Gasteiger partial charge on any atom is 0.305 e. The Kier molecular flexibility index (Phi) is 5.99.